The Labute approximate surface area is 150 Å². The number of halogens is 2. The molecule has 2 aromatic carbocycles. The maximum Gasteiger partial charge on any atom is 0.221 e. The zero-order chi connectivity index (χ0) is 16.7. The summed E-state index contributed by atoms with van der Waals surface area (Å²) in [7, 11) is 0. The Bertz CT molecular complexity index is 659. The summed E-state index contributed by atoms with van der Waals surface area (Å²) in [5, 5.41) is 6.91. The highest BCUT2D eigenvalue weighted by Crippen LogP contribution is 2.20. The fourth-order valence-corrected chi connectivity index (χ4v) is 2.61. The van der Waals surface area contributed by atoms with Gasteiger partial charge in [0.1, 0.15) is 0 Å². The average Bonchev–Trinajstić information content (AvgIpc) is 2.53. The summed E-state index contributed by atoms with van der Waals surface area (Å²) >= 11 is 9.34. The lowest BCUT2D eigenvalue weighted by molar-refractivity contribution is -0.120. The smallest absolute Gasteiger partial charge is 0.221 e. The van der Waals surface area contributed by atoms with Crippen LogP contribution in [0.25, 0.3) is 0 Å². The quantitative estimate of drug-likeness (QED) is 0.721. The van der Waals surface area contributed by atoms with Crippen LogP contribution in [0.5, 0.6) is 0 Å². The molecule has 0 fully saturated rings. The van der Waals surface area contributed by atoms with Crippen LogP contribution in [0.1, 0.15) is 17.5 Å². The first-order chi connectivity index (χ1) is 11.0. The third kappa shape index (κ3) is 6.24. The Morgan fingerprint density at radius 3 is 2.57 bits per heavy atom. The molecule has 0 unspecified atom stereocenters. The Kier molecular flexibility index (Phi) is 6.93. The zero-order valence-corrected chi connectivity index (χ0v) is 15.4. The molecule has 0 saturated heterocycles. The van der Waals surface area contributed by atoms with Gasteiger partial charge < -0.3 is 10.6 Å². The van der Waals surface area contributed by atoms with Crippen LogP contribution in [0.3, 0.4) is 0 Å². The van der Waals surface area contributed by atoms with Crippen molar-refractivity contribution in [3.8, 4) is 0 Å². The van der Waals surface area contributed by atoms with Crippen molar-refractivity contribution in [2.45, 2.75) is 19.8 Å². The molecule has 2 aromatic rings. The average molecular weight is 396 g/mol. The Morgan fingerprint density at radius 2 is 1.87 bits per heavy atom. The van der Waals surface area contributed by atoms with E-state index in [-0.39, 0.29) is 5.91 Å². The second-order valence-electron chi connectivity index (χ2n) is 5.37. The number of carbonyl (C=O) groups excluding carboxylic acids is 1. The first-order valence-electron chi connectivity index (χ1n) is 7.56. The van der Waals surface area contributed by atoms with Crippen LogP contribution in [0.4, 0.5) is 5.69 Å². The van der Waals surface area contributed by atoms with Crippen LogP contribution < -0.4 is 10.6 Å². The molecule has 0 bridgehead atoms. The lowest BCUT2D eigenvalue weighted by Crippen LogP contribution is -2.27. The molecule has 2 N–H and O–H groups in total. The number of anilines is 1. The van der Waals surface area contributed by atoms with Gasteiger partial charge in [-0.25, -0.2) is 0 Å². The lowest BCUT2D eigenvalue weighted by atomic mass is 10.1. The van der Waals surface area contributed by atoms with Crippen LogP contribution in [0, 0.1) is 6.92 Å². The minimum absolute atomic E-state index is 0.0534. The third-order valence-electron chi connectivity index (χ3n) is 3.50. The van der Waals surface area contributed by atoms with Crippen molar-refractivity contribution in [3.63, 3.8) is 0 Å². The molecule has 0 aliphatic rings. The van der Waals surface area contributed by atoms with Gasteiger partial charge in [0.05, 0.1) is 0 Å². The Morgan fingerprint density at radius 1 is 1.13 bits per heavy atom. The molecule has 0 heterocycles. The standard InChI is InChI=1S/C18H20BrClN2O/c1-13-2-7-16(12-17(13)19)21-11-9-18(23)22-10-8-14-3-5-15(20)6-4-14/h2-7,12,21H,8-11H2,1H3,(H,22,23). The van der Waals surface area contributed by atoms with E-state index in [4.69, 9.17) is 11.6 Å². The summed E-state index contributed by atoms with van der Waals surface area (Å²) < 4.78 is 1.06. The predicted octanol–water partition coefficient (Wildman–Crippen LogP) is 4.57. The maximum atomic E-state index is 11.8. The van der Waals surface area contributed by atoms with Gasteiger partial charge in [0.2, 0.25) is 5.91 Å². The topological polar surface area (TPSA) is 41.1 Å². The molecule has 0 radical (unpaired) electrons. The summed E-state index contributed by atoms with van der Waals surface area (Å²) in [4.78, 5) is 11.8. The van der Waals surface area contributed by atoms with Crippen molar-refractivity contribution < 1.29 is 4.79 Å². The number of nitrogens with one attached hydrogen (secondary N) is 2. The van der Waals surface area contributed by atoms with Crippen LogP contribution in [-0.4, -0.2) is 19.0 Å². The highest BCUT2D eigenvalue weighted by molar-refractivity contribution is 9.10. The molecule has 1 amide bonds. The van der Waals surface area contributed by atoms with Crippen LogP contribution in [0.2, 0.25) is 5.02 Å². The number of amides is 1. The molecule has 5 heteroatoms. The summed E-state index contributed by atoms with van der Waals surface area (Å²) in [6.45, 7) is 3.29. The van der Waals surface area contributed by atoms with Gasteiger partial charge in [0.15, 0.2) is 0 Å². The third-order valence-corrected chi connectivity index (χ3v) is 4.61. The van der Waals surface area contributed by atoms with E-state index in [1.807, 2.05) is 49.4 Å². The van der Waals surface area contributed by atoms with Crippen molar-refractivity contribution >= 4 is 39.1 Å². The number of carbonyl (C=O) groups is 1. The van der Waals surface area contributed by atoms with Gasteiger partial charge in [-0.15, -0.1) is 0 Å². The Hall–Kier alpha value is -1.52. The maximum absolute atomic E-state index is 11.8. The van der Waals surface area contributed by atoms with Crippen LogP contribution in [0.15, 0.2) is 46.9 Å². The van der Waals surface area contributed by atoms with E-state index in [0.29, 0.717) is 19.5 Å². The molecule has 23 heavy (non-hydrogen) atoms. The van der Waals surface area contributed by atoms with Crippen molar-refractivity contribution in [1.82, 2.24) is 5.32 Å². The van der Waals surface area contributed by atoms with Gasteiger partial charge in [0.25, 0.3) is 0 Å². The van der Waals surface area contributed by atoms with Crippen LogP contribution in [-0.2, 0) is 11.2 Å². The minimum atomic E-state index is 0.0534. The summed E-state index contributed by atoms with van der Waals surface area (Å²) in [5.74, 6) is 0.0534. The van der Waals surface area contributed by atoms with Gasteiger partial charge >= 0.3 is 0 Å². The van der Waals surface area contributed by atoms with E-state index in [1.54, 1.807) is 0 Å². The molecular formula is C18H20BrClN2O. The fraction of sp³-hybridized carbons (Fsp3) is 0.278. The lowest BCUT2D eigenvalue weighted by Gasteiger charge is -2.09. The van der Waals surface area contributed by atoms with Gasteiger partial charge in [-0.1, -0.05) is 45.7 Å². The van der Waals surface area contributed by atoms with E-state index in [1.165, 1.54) is 5.56 Å². The van der Waals surface area contributed by atoms with Gasteiger partial charge in [-0.3, -0.25) is 4.79 Å². The summed E-state index contributed by atoms with van der Waals surface area (Å²) in [5.41, 5.74) is 3.37. The van der Waals surface area contributed by atoms with E-state index in [2.05, 4.69) is 26.6 Å². The molecule has 0 spiro atoms. The molecule has 0 aliphatic carbocycles. The molecule has 0 saturated carbocycles. The van der Waals surface area contributed by atoms with Crippen molar-refractivity contribution in [2.75, 3.05) is 18.4 Å². The van der Waals surface area contributed by atoms with Crippen molar-refractivity contribution in [2.24, 2.45) is 0 Å². The van der Waals surface area contributed by atoms with Gasteiger partial charge in [-0.05, 0) is 48.7 Å². The van der Waals surface area contributed by atoms with E-state index >= 15 is 0 Å². The molecule has 0 aliphatic heterocycles. The highest BCUT2D eigenvalue weighted by Gasteiger charge is 2.02. The van der Waals surface area contributed by atoms with Gasteiger partial charge in [0, 0.05) is 34.7 Å². The van der Waals surface area contributed by atoms with Crippen molar-refractivity contribution in [3.05, 3.63) is 63.1 Å². The molecule has 3 nitrogen and oxygen atoms in total. The predicted molar refractivity (Wildman–Crippen MR) is 100 cm³/mol. The number of benzene rings is 2. The van der Waals surface area contributed by atoms with E-state index in [9.17, 15) is 4.79 Å². The largest absolute Gasteiger partial charge is 0.384 e. The molecule has 0 atom stereocenters. The number of aryl methyl sites for hydroxylation is 1. The fourth-order valence-electron chi connectivity index (χ4n) is 2.11. The molecule has 0 aromatic heterocycles. The monoisotopic (exact) mass is 394 g/mol. The minimum Gasteiger partial charge on any atom is -0.384 e. The first kappa shape index (κ1) is 17.8. The second-order valence-corrected chi connectivity index (χ2v) is 6.66. The van der Waals surface area contributed by atoms with E-state index < -0.39 is 0 Å². The summed E-state index contributed by atoms with van der Waals surface area (Å²) in [6.07, 6.45) is 1.26. The van der Waals surface area contributed by atoms with Crippen LogP contribution >= 0.6 is 27.5 Å². The number of rotatable bonds is 7. The molecular weight excluding hydrogens is 376 g/mol. The van der Waals surface area contributed by atoms with Gasteiger partial charge in [-0.2, -0.15) is 0 Å². The molecule has 2 rings (SSSR count). The SMILES string of the molecule is Cc1ccc(NCCC(=O)NCCc2ccc(Cl)cc2)cc1Br. The highest BCUT2D eigenvalue weighted by atomic mass is 79.9. The first-order valence-corrected chi connectivity index (χ1v) is 8.73. The van der Waals surface area contributed by atoms with E-state index in [0.717, 1.165) is 27.2 Å². The summed E-state index contributed by atoms with van der Waals surface area (Å²) in [6, 6.07) is 13.8. The molecule has 122 valence electrons. The normalized spacial score (nSPS) is 10.4. The number of hydrogen-bond donors (Lipinski definition) is 2. The zero-order valence-electron chi connectivity index (χ0n) is 13.0. The second kappa shape index (κ2) is 8.94. The van der Waals surface area contributed by atoms with Crippen molar-refractivity contribution in [1.29, 1.82) is 0 Å². The number of hydrogen-bond acceptors (Lipinski definition) is 2. The Balaban J connectivity index is 1.65.